The highest BCUT2D eigenvalue weighted by atomic mass is 35.5. The summed E-state index contributed by atoms with van der Waals surface area (Å²) >= 11 is 8.25. The molecule has 3 rings (SSSR count). The third kappa shape index (κ3) is 4.21. The molecular formula is C15H12ClN5O3S2. The molecule has 134 valence electrons. The van der Waals surface area contributed by atoms with Crippen molar-refractivity contribution < 1.29 is 14.3 Å². The van der Waals surface area contributed by atoms with E-state index in [1.165, 1.54) is 34.9 Å². The van der Waals surface area contributed by atoms with Gasteiger partial charge in [-0.2, -0.15) is 4.68 Å². The van der Waals surface area contributed by atoms with Gasteiger partial charge >= 0.3 is 5.97 Å². The molecule has 0 fully saturated rings. The Hall–Kier alpha value is -2.43. The van der Waals surface area contributed by atoms with Crippen LogP contribution in [0, 0.1) is 0 Å². The third-order valence-electron chi connectivity index (χ3n) is 3.15. The number of nitrogens with zero attached hydrogens (tertiary/aromatic N) is 4. The maximum absolute atomic E-state index is 12.2. The topological polar surface area (TPSA) is 99.0 Å². The number of nitrogens with one attached hydrogen (secondary N) is 1. The number of halogens is 1. The molecule has 2 heterocycles. The van der Waals surface area contributed by atoms with Crippen LogP contribution in [-0.2, 0) is 9.53 Å². The molecule has 0 bridgehead atoms. The summed E-state index contributed by atoms with van der Waals surface area (Å²) in [5.41, 5.74) is 1.15. The first-order valence-corrected chi connectivity index (χ1v) is 9.45. The fourth-order valence-electron chi connectivity index (χ4n) is 1.99. The van der Waals surface area contributed by atoms with Crippen molar-refractivity contribution in [3.8, 4) is 5.69 Å². The van der Waals surface area contributed by atoms with E-state index in [1.54, 1.807) is 35.7 Å². The van der Waals surface area contributed by atoms with Crippen LogP contribution >= 0.6 is 34.7 Å². The number of rotatable bonds is 6. The Morgan fingerprint density at radius 3 is 2.81 bits per heavy atom. The second-order valence-corrected chi connectivity index (χ2v) is 7.14. The van der Waals surface area contributed by atoms with Gasteiger partial charge in [0.1, 0.15) is 4.88 Å². The van der Waals surface area contributed by atoms with E-state index in [0.717, 1.165) is 5.69 Å². The second-order valence-electron chi connectivity index (χ2n) is 4.84. The van der Waals surface area contributed by atoms with Gasteiger partial charge in [-0.15, -0.1) is 16.4 Å². The van der Waals surface area contributed by atoms with Gasteiger partial charge in [-0.25, -0.2) is 4.79 Å². The van der Waals surface area contributed by atoms with Crippen molar-refractivity contribution >= 4 is 52.3 Å². The van der Waals surface area contributed by atoms with Crippen molar-refractivity contribution in [2.75, 3.05) is 18.2 Å². The summed E-state index contributed by atoms with van der Waals surface area (Å²) in [6.07, 6.45) is 0. The number of thioether (sulfide) groups is 1. The predicted molar refractivity (Wildman–Crippen MR) is 99.2 cm³/mol. The van der Waals surface area contributed by atoms with Crippen LogP contribution in [0.15, 0.2) is 40.9 Å². The van der Waals surface area contributed by atoms with E-state index < -0.39 is 5.97 Å². The maximum Gasteiger partial charge on any atom is 0.350 e. The summed E-state index contributed by atoms with van der Waals surface area (Å²) in [4.78, 5) is 24.2. The van der Waals surface area contributed by atoms with Crippen LogP contribution in [0.3, 0.4) is 0 Å². The molecule has 11 heteroatoms. The lowest BCUT2D eigenvalue weighted by Gasteiger charge is -2.06. The smallest absolute Gasteiger partial charge is 0.350 e. The summed E-state index contributed by atoms with van der Waals surface area (Å²) in [5.74, 6) is -0.705. The minimum Gasteiger partial charge on any atom is -0.465 e. The van der Waals surface area contributed by atoms with Crippen LogP contribution in [0.1, 0.15) is 9.67 Å². The molecule has 0 saturated heterocycles. The zero-order valence-electron chi connectivity index (χ0n) is 13.4. The van der Waals surface area contributed by atoms with Crippen molar-refractivity contribution in [2.45, 2.75) is 5.16 Å². The zero-order valence-corrected chi connectivity index (χ0v) is 15.8. The minimum absolute atomic E-state index is 0.0738. The quantitative estimate of drug-likeness (QED) is 0.493. The number of benzene rings is 1. The molecule has 0 aliphatic carbocycles. The number of carbonyl (C=O) groups is 2. The summed E-state index contributed by atoms with van der Waals surface area (Å²) in [6.45, 7) is 0. The van der Waals surface area contributed by atoms with Crippen molar-refractivity contribution in [2.24, 2.45) is 0 Å². The molecule has 0 atom stereocenters. The Kier molecular flexibility index (Phi) is 5.86. The number of ether oxygens (including phenoxy) is 1. The van der Waals surface area contributed by atoms with E-state index in [2.05, 4.69) is 25.6 Å². The molecule has 0 aliphatic rings. The summed E-state index contributed by atoms with van der Waals surface area (Å²) in [5, 5.41) is 16.9. The number of carbonyl (C=O) groups excluding carboxylic acids is 2. The highest BCUT2D eigenvalue weighted by Gasteiger charge is 2.17. The van der Waals surface area contributed by atoms with Gasteiger partial charge < -0.3 is 10.1 Å². The van der Waals surface area contributed by atoms with E-state index in [-0.39, 0.29) is 11.7 Å². The number of anilines is 1. The Morgan fingerprint density at radius 1 is 1.31 bits per heavy atom. The van der Waals surface area contributed by atoms with Gasteiger partial charge in [0, 0.05) is 5.02 Å². The SMILES string of the molecule is COC(=O)c1sccc1NC(=O)CSc1nnnn1-c1ccc(Cl)cc1. The second kappa shape index (κ2) is 8.30. The molecule has 0 aliphatic heterocycles. The van der Waals surface area contributed by atoms with Crippen molar-refractivity contribution in [1.82, 2.24) is 20.2 Å². The molecule has 0 spiro atoms. The fraction of sp³-hybridized carbons (Fsp3) is 0.133. The number of aromatic nitrogens is 4. The number of hydrogen-bond acceptors (Lipinski definition) is 8. The molecule has 3 aromatic rings. The van der Waals surface area contributed by atoms with Crippen LogP contribution in [-0.4, -0.2) is 44.9 Å². The van der Waals surface area contributed by atoms with E-state index in [0.29, 0.717) is 20.7 Å². The van der Waals surface area contributed by atoms with Crippen LogP contribution in [0.2, 0.25) is 5.02 Å². The largest absolute Gasteiger partial charge is 0.465 e. The highest BCUT2D eigenvalue weighted by Crippen LogP contribution is 2.24. The number of tetrazole rings is 1. The molecule has 1 amide bonds. The molecule has 1 N–H and O–H groups in total. The average Bonchev–Trinajstić information content (AvgIpc) is 3.29. The lowest BCUT2D eigenvalue weighted by molar-refractivity contribution is -0.113. The molecule has 8 nitrogen and oxygen atoms in total. The van der Waals surface area contributed by atoms with Crippen molar-refractivity contribution in [3.05, 3.63) is 45.6 Å². The predicted octanol–water partition coefficient (Wildman–Crippen LogP) is 2.89. The summed E-state index contributed by atoms with van der Waals surface area (Å²) in [6, 6.07) is 8.65. The maximum atomic E-state index is 12.2. The van der Waals surface area contributed by atoms with Gasteiger partial charge in [-0.05, 0) is 46.1 Å². The Morgan fingerprint density at radius 2 is 2.08 bits per heavy atom. The number of methoxy groups -OCH3 is 1. The molecular weight excluding hydrogens is 398 g/mol. The van der Waals surface area contributed by atoms with Crippen molar-refractivity contribution in [3.63, 3.8) is 0 Å². The van der Waals surface area contributed by atoms with Crippen LogP contribution in [0.25, 0.3) is 5.69 Å². The Bertz CT molecular complexity index is 926. The van der Waals surface area contributed by atoms with Gasteiger partial charge in [0.15, 0.2) is 0 Å². The number of amides is 1. The van der Waals surface area contributed by atoms with E-state index >= 15 is 0 Å². The number of hydrogen-bond donors (Lipinski definition) is 1. The van der Waals surface area contributed by atoms with Gasteiger partial charge in [-0.3, -0.25) is 4.79 Å². The zero-order chi connectivity index (χ0) is 18.5. The third-order valence-corrected chi connectivity index (χ3v) is 5.22. The normalized spacial score (nSPS) is 10.5. The van der Waals surface area contributed by atoms with E-state index in [1.807, 2.05) is 0 Å². The fourth-order valence-corrected chi connectivity index (χ4v) is 3.57. The molecule has 0 radical (unpaired) electrons. The lowest BCUT2D eigenvalue weighted by Crippen LogP contribution is -2.16. The van der Waals surface area contributed by atoms with Crippen molar-refractivity contribution in [1.29, 1.82) is 0 Å². The average molecular weight is 410 g/mol. The van der Waals surface area contributed by atoms with Gasteiger partial charge in [0.2, 0.25) is 11.1 Å². The standard InChI is InChI=1S/C15H12ClN5O3S2/c1-24-14(23)13-11(6-7-25-13)17-12(22)8-26-15-18-19-20-21(15)10-4-2-9(16)3-5-10/h2-7H,8H2,1H3,(H,17,22). The molecule has 0 unspecified atom stereocenters. The lowest BCUT2D eigenvalue weighted by atomic mass is 10.3. The summed E-state index contributed by atoms with van der Waals surface area (Å²) < 4.78 is 6.20. The Balaban J connectivity index is 1.64. The van der Waals surface area contributed by atoms with Crippen LogP contribution < -0.4 is 5.32 Å². The van der Waals surface area contributed by atoms with Gasteiger partial charge in [0.05, 0.1) is 24.2 Å². The first-order valence-electron chi connectivity index (χ1n) is 7.21. The van der Waals surface area contributed by atoms with Gasteiger partial charge in [-0.1, -0.05) is 23.4 Å². The molecule has 2 aromatic heterocycles. The summed E-state index contributed by atoms with van der Waals surface area (Å²) in [7, 11) is 1.29. The minimum atomic E-state index is -0.491. The number of esters is 1. The van der Waals surface area contributed by atoms with Crippen LogP contribution in [0.5, 0.6) is 0 Å². The molecule has 1 aromatic carbocycles. The Labute approximate surface area is 161 Å². The van der Waals surface area contributed by atoms with E-state index in [4.69, 9.17) is 11.6 Å². The number of thiophene rings is 1. The first-order chi connectivity index (χ1) is 12.6. The van der Waals surface area contributed by atoms with Gasteiger partial charge in [0.25, 0.3) is 0 Å². The van der Waals surface area contributed by atoms with Crippen LogP contribution in [0.4, 0.5) is 5.69 Å². The highest BCUT2D eigenvalue weighted by molar-refractivity contribution is 7.99. The molecule has 0 saturated carbocycles. The molecule has 26 heavy (non-hydrogen) atoms. The van der Waals surface area contributed by atoms with E-state index in [9.17, 15) is 9.59 Å². The monoisotopic (exact) mass is 409 g/mol. The first kappa shape index (κ1) is 18.4.